The lowest BCUT2D eigenvalue weighted by Crippen LogP contribution is -2.53. The van der Waals surface area contributed by atoms with E-state index in [1.165, 1.54) is 4.58 Å². The van der Waals surface area contributed by atoms with Crippen LogP contribution in [0.1, 0.15) is 39.5 Å². The number of rotatable bonds is 7. The Kier molecular flexibility index (Phi) is 6.12. The van der Waals surface area contributed by atoms with E-state index in [0.29, 0.717) is 19.4 Å². The summed E-state index contributed by atoms with van der Waals surface area (Å²) in [5.74, 6) is -2.34. The van der Waals surface area contributed by atoms with Crippen molar-refractivity contribution in [1.29, 1.82) is 0 Å². The van der Waals surface area contributed by atoms with Crippen molar-refractivity contribution in [2.75, 3.05) is 26.2 Å². The molecule has 0 aliphatic carbocycles. The van der Waals surface area contributed by atoms with Gasteiger partial charge in [-0.05, 0) is 4.65 Å². The fourth-order valence-corrected chi connectivity index (χ4v) is 2.23. The predicted octanol–water partition coefficient (Wildman–Crippen LogP) is 2.78. The Morgan fingerprint density at radius 3 is 2.43 bits per heavy atom. The van der Waals surface area contributed by atoms with E-state index >= 15 is 0 Å². The molecule has 1 heterocycles. The summed E-state index contributed by atoms with van der Waals surface area (Å²) < 4.78 is 52.0. The van der Waals surface area contributed by atoms with Gasteiger partial charge in [0.25, 0.3) is 0 Å². The van der Waals surface area contributed by atoms with Gasteiger partial charge in [0.1, 0.15) is 6.54 Å². The quantitative estimate of drug-likeness (QED) is 0.313. The van der Waals surface area contributed by atoms with Gasteiger partial charge in [0.15, 0.2) is 13.1 Å². The second kappa shape index (κ2) is 7.20. The van der Waals surface area contributed by atoms with Crippen molar-refractivity contribution in [2.45, 2.75) is 45.7 Å². The Morgan fingerprint density at radius 1 is 1.29 bits per heavy atom. The highest BCUT2D eigenvalue weighted by molar-refractivity contribution is 5.75. The van der Waals surface area contributed by atoms with E-state index in [4.69, 9.17) is 0 Å². The van der Waals surface area contributed by atoms with E-state index in [9.17, 15) is 22.4 Å². The predicted molar refractivity (Wildman–Crippen MR) is 68.1 cm³/mol. The highest BCUT2D eigenvalue weighted by atomic mass is 19.4. The van der Waals surface area contributed by atoms with Crippen LogP contribution in [0.4, 0.5) is 17.6 Å². The van der Waals surface area contributed by atoms with E-state index in [1.54, 1.807) is 0 Å². The standard InChI is InChI=1S/C13H22F4N2O2/c1-3-5-7-18-8-10-19(12(18)14,9-6-4-2)21-11(20)13(15,16)17/h3-10H2,1-2H3/q+2. The van der Waals surface area contributed by atoms with Crippen molar-refractivity contribution in [3.05, 3.63) is 0 Å². The fraction of sp³-hybridized carbons (Fsp3) is 0.846. The van der Waals surface area contributed by atoms with E-state index in [-0.39, 0.29) is 19.6 Å². The number of hydrogen-bond acceptors (Lipinski definition) is 2. The van der Waals surface area contributed by atoms with E-state index in [0.717, 1.165) is 12.8 Å². The summed E-state index contributed by atoms with van der Waals surface area (Å²) in [5, 5.41) is 0. The van der Waals surface area contributed by atoms with Gasteiger partial charge in [-0.1, -0.05) is 31.1 Å². The summed E-state index contributed by atoms with van der Waals surface area (Å²) in [4.78, 5) is 15.6. The number of nitrogens with zero attached hydrogens (tertiary/aromatic N) is 2. The molecule has 0 saturated carbocycles. The zero-order valence-corrected chi connectivity index (χ0v) is 12.4. The van der Waals surface area contributed by atoms with Crippen LogP contribution in [0, 0.1) is 0 Å². The summed E-state index contributed by atoms with van der Waals surface area (Å²) >= 11 is 0. The van der Waals surface area contributed by atoms with Crippen molar-refractivity contribution < 1.29 is 36.4 Å². The van der Waals surface area contributed by atoms with Gasteiger partial charge in [-0.3, -0.25) is 4.84 Å². The number of carbonyl (C=O) groups excluding carboxylic acids is 1. The van der Waals surface area contributed by atoms with Crippen molar-refractivity contribution in [3.63, 3.8) is 0 Å². The molecule has 0 aromatic heterocycles. The first-order valence-electron chi connectivity index (χ1n) is 7.22. The average molecular weight is 314 g/mol. The molecule has 0 bridgehead atoms. The third-order valence-electron chi connectivity index (χ3n) is 3.47. The molecule has 0 amide bonds. The number of unbranched alkanes of at least 4 members (excludes halogenated alkanes) is 2. The normalized spacial score (nSPS) is 22.8. The van der Waals surface area contributed by atoms with Crippen molar-refractivity contribution in [3.8, 4) is 0 Å². The first-order valence-corrected chi connectivity index (χ1v) is 7.22. The van der Waals surface area contributed by atoms with Gasteiger partial charge >= 0.3 is 18.2 Å². The number of alkyl halides is 3. The molecule has 122 valence electrons. The van der Waals surface area contributed by atoms with Gasteiger partial charge in [-0.2, -0.15) is 13.2 Å². The maximum atomic E-state index is 14.5. The van der Waals surface area contributed by atoms with Crippen LogP contribution in [0.15, 0.2) is 0 Å². The van der Waals surface area contributed by atoms with Gasteiger partial charge in [-0.25, -0.2) is 4.79 Å². The SMILES string of the molecule is CCCC[N+]1=C(F)[N+](CCCC)(OC(=O)C(F)(F)F)CC1. The molecule has 0 N–H and O–H groups in total. The van der Waals surface area contributed by atoms with Gasteiger partial charge in [-0.15, -0.1) is 4.58 Å². The zero-order chi connectivity index (χ0) is 16.1. The Morgan fingerprint density at radius 2 is 1.90 bits per heavy atom. The monoisotopic (exact) mass is 314 g/mol. The molecule has 8 heteroatoms. The van der Waals surface area contributed by atoms with Crippen LogP contribution >= 0.6 is 0 Å². The van der Waals surface area contributed by atoms with Crippen LogP contribution in [-0.4, -0.2) is 53.6 Å². The molecule has 0 aromatic carbocycles. The third kappa shape index (κ3) is 4.39. The lowest BCUT2D eigenvalue weighted by Gasteiger charge is -2.23. The number of amidine groups is 1. The molecule has 0 radical (unpaired) electrons. The largest absolute Gasteiger partial charge is 0.580 e. The zero-order valence-electron chi connectivity index (χ0n) is 12.4. The second-order valence-corrected chi connectivity index (χ2v) is 5.18. The highest BCUT2D eigenvalue weighted by Gasteiger charge is 2.57. The van der Waals surface area contributed by atoms with Gasteiger partial charge in [0.05, 0.1) is 0 Å². The van der Waals surface area contributed by atoms with Crippen LogP contribution in [-0.2, 0) is 9.63 Å². The summed E-state index contributed by atoms with van der Waals surface area (Å²) in [6.45, 7) is 4.48. The second-order valence-electron chi connectivity index (χ2n) is 5.18. The van der Waals surface area contributed by atoms with Gasteiger partial charge < -0.3 is 0 Å². The minimum atomic E-state index is -5.12. The van der Waals surface area contributed by atoms with Crippen LogP contribution < -0.4 is 0 Å². The first-order chi connectivity index (χ1) is 9.77. The molecule has 1 atom stereocenters. The summed E-state index contributed by atoms with van der Waals surface area (Å²) in [7, 11) is 0. The van der Waals surface area contributed by atoms with Gasteiger partial charge in [0.2, 0.25) is 6.54 Å². The van der Waals surface area contributed by atoms with E-state index < -0.39 is 22.9 Å². The minimum absolute atomic E-state index is 0.0113. The average Bonchev–Trinajstić information content (AvgIpc) is 2.71. The molecule has 0 spiro atoms. The minimum Gasteiger partial charge on any atom is -0.253 e. The number of hydrogen-bond donors (Lipinski definition) is 0. The third-order valence-corrected chi connectivity index (χ3v) is 3.47. The molecule has 21 heavy (non-hydrogen) atoms. The maximum Gasteiger partial charge on any atom is 0.580 e. The maximum absolute atomic E-state index is 14.5. The molecular formula is C13H22F4N2O2+2. The molecule has 1 aliphatic rings. The molecule has 0 fully saturated rings. The molecule has 0 saturated heterocycles. The number of hydroxylamine groups is 3. The summed E-state index contributed by atoms with van der Waals surface area (Å²) in [6.07, 6.45) is -3.19. The van der Waals surface area contributed by atoms with Crippen LogP contribution in [0.25, 0.3) is 0 Å². The van der Waals surface area contributed by atoms with Crippen molar-refractivity contribution >= 4 is 12.1 Å². The lowest BCUT2D eigenvalue weighted by atomic mass is 10.3. The fourth-order valence-electron chi connectivity index (χ4n) is 2.23. The lowest BCUT2D eigenvalue weighted by molar-refractivity contribution is -1.02. The topological polar surface area (TPSA) is 29.3 Å². The van der Waals surface area contributed by atoms with Crippen molar-refractivity contribution in [1.82, 2.24) is 0 Å². The number of carbonyl (C=O) groups is 1. The Bertz CT molecular complexity index is 409. The van der Waals surface area contributed by atoms with Crippen LogP contribution in [0.2, 0.25) is 0 Å². The summed E-state index contributed by atoms with van der Waals surface area (Å²) in [5.41, 5.74) is 0. The van der Waals surface area contributed by atoms with E-state index in [2.05, 4.69) is 4.84 Å². The Labute approximate surface area is 121 Å². The van der Waals surface area contributed by atoms with Crippen LogP contribution in [0.3, 0.4) is 0 Å². The Hall–Kier alpha value is -1.18. The first kappa shape index (κ1) is 17.9. The molecule has 1 unspecified atom stereocenters. The number of halogens is 4. The smallest absolute Gasteiger partial charge is 0.253 e. The highest BCUT2D eigenvalue weighted by Crippen LogP contribution is 2.25. The molecule has 1 rings (SSSR count). The van der Waals surface area contributed by atoms with Crippen molar-refractivity contribution in [2.24, 2.45) is 0 Å². The molecule has 1 aliphatic heterocycles. The summed E-state index contributed by atoms with van der Waals surface area (Å²) in [6, 6.07) is 0. The molecule has 4 nitrogen and oxygen atoms in total. The van der Waals surface area contributed by atoms with Crippen LogP contribution in [0.5, 0.6) is 0 Å². The Balaban J connectivity index is 2.95. The number of quaternary nitrogens is 1. The van der Waals surface area contributed by atoms with E-state index in [1.807, 2.05) is 13.8 Å². The van der Waals surface area contributed by atoms with Gasteiger partial charge in [0, 0.05) is 12.8 Å². The molecular weight excluding hydrogens is 292 g/mol. The molecule has 0 aromatic rings.